The minimum atomic E-state index is -0.487. The summed E-state index contributed by atoms with van der Waals surface area (Å²) in [6.45, 7) is 4.30. The number of hydrogen-bond acceptors (Lipinski definition) is 7. The van der Waals surface area contributed by atoms with Crippen LogP contribution in [-0.2, 0) is 16.1 Å². The number of nitrogens with one attached hydrogen (secondary N) is 1. The zero-order valence-electron chi connectivity index (χ0n) is 15.4. The van der Waals surface area contributed by atoms with Crippen molar-refractivity contribution in [3.05, 3.63) is 58.4 Å². The minimum Gasteiger partial charge on any atom is -0.465 e. The lowest BCUT2D eigenvalue weighted by molar-refractivity contribution is -0.113. The Hall–Kier alpha value is -2.43. The maximum Gasteiger partial charge on any atom is 0.340 e. The van der Waals surface area contributed by atoms with Gasteiger partial charge in [0.2, 0.25) is 5.91 Å². The molecular formula is C19H17BrN4O3S2. The number of benzene rings is 1. The Morgan fingerprint density at radius 3 is 2.76 bits per heavy atom. The van der Waals surface area contributed by atoms with Crippen LogP contribution in [0, 0.1) is 0 Å². The van der Waals surface area contributed by atoms with Crippen LogP contribution in [0.25, 0.3) is 11.4 Å². The van der Waals surface area contributed by atoms with E-state index in [0.29, 0.717) is 28.1 Å². The molecule has 0 aliphatic carbocycles. The first kappa shape index (κ1) is 21.3. The number of methoxy groups -OCH3 is 1. The van der Waals surface area contributed by atoms with Gasteiger partial charge in [0.15, 0.2) is 11.0 Å². The van der Waals surface area contributed by atoms with Gasteiger partial charge in [0.1, 0.15) is 5.00 Å². The normalized spacial score (nSPS) is 10.6. The fraction of sp³-hybridized carbons (Fsp3) is 0.158. The highest BCUT2D eigenvalue weighted by Gasteiger charge is 2.18. The van der Waals surface area contributed by atoms with Crippen LogP contribution < -0.4 is 5.32 Å². The standard InChI is InChI=1S/C19H17BrN4O3S2/c1-3-9-24-16(12-4-6-13(20)7-5-12)22-23-19(24)29-11-15(25)21-17-14(8-10-28-17)18(26)27-2/h3-8,10H,1,9,11H2,2H3,(H,21,25). The van der Waals surface area contributed by atoms with Gasteiger partial charge in [-0.3, -0.25) is 9.36 Å². The largest absolute Gasteiger partial charge is 0.465 e. The molecule has 0 saturated carbocycles. The Balaban J connectivity index is 1.71. The fourth-order valence-corrected chi connectivity index (χ4v) is 4.27. The molecule has 0 atom stereocenters. The topological polar surface area (TPSA) is 86.1 Å². The monoisotopic (exact) mass is 492 g/mol. The van der Waals surface area contributed by atoms with Crippen molar-refractivity contribution >= 4 is 55.9 Å². The summed E-state index contributed by atoms with van der Waals surface area (Å²) in [5, 5.41) is 14.0. The molecule has 3 aromatic rings. The fourth-order valence-electron chi connectivity index (χ4n) is 2.47. The zero-order chi connectivity index (χ0) is 20.8. The molecule has 0 spiro atoms. The summed E-state index contributed by atoms with van der Waals surface area (Å²) >= 11 is 5.95. The second kappa shape index (κ2) is 9.86. The zero-order valence-corrected chi connectivity index (χ0v) is 18.6. The summed E-state index contributed by atoms with van der Waals surface area (Å²) in [6, 6.07) is 9.37. The van der Waals surface area contributed by atoms with Crippen LogP contribution in [0.2, 0.25) is 0 Å². The van der Waals surface area contributed by atoms with E-state index < -0.39 is 5.97 Å². The molecule has 0 saturated heterocycles. The summed E-state index contributed by atoms with van der Waals surface area (Å²) in [4.78, 5) is 24.1. The summed E-state index contributed by atoms with van der Waals surface area (Å²) in [6.07, 6.45) is 1.75. The van der Waals surface area contributed by atoms with E-state index in [4.69, 9.17) is 4.74 Å². The molecule has 0 fully saturated rings. The first-order valence-electron chi connectivity index (χ1n) is 8.42. The molecule has 0 radical (unpaired) electrons. The highest BCUT2D eigenvalue weighted by Crippen LogP contribution is 2.27. The van der Waals surface area contributed by atoms with Gasteiger partial charge in [-0.1, -0.05) is 45.9 Å². The molecular weight excluding hydrogens is 476 g/mol. The van der Waals surface area contributed by atoms with Crippen molar-refractivity contribution in [3.63, 3.8) is 0 Å². The third-order valence-electron chi connectivity index (χ3n) is 3.79. The molecule has 0 bridgehead atoms. The Morgan fingerprint density at radius 1 is 1.31 bits per heavy atom. The summed E-state index contributed by atoms with van der Waals surface area (Å²) in [5.74, 6) is 0.0836. The van der Waals surface area contributed by atoms with Gasteiger partial charge in [-0.25, -0.2) is 4.79 Å². The average molecular weight is 493 g/mol. The van der Waals surface area contributed by atoms with Gasteiger partial charge in [-0.15, -0.1) is 28.1 Å². The van der Waals surface area contributed by atoms with Crippen molar-refractivity contribution in [2.45, 2.75) is 11.7 Å². The lowest BCUT2D eigenvalue weighted by Gasteiger charge is -2.08. The molecule has 7 nitrogen and oxygen atoms in total. The van der Waals surface area contributed by atoms with E-state index in [0.717, 1.165) is 10.0 Å². The van der Waals surface area contributed by atoms with E-state index in [9.17, 15) is 9.59 Å². The van der Waals surface area contributed by atoms with Gasteiger partial charge in [-0.2, -0.15) is 0 Å². The quantitative estimate of drug-likeness (QED) is 0.283. The molecule has 1 amide bonds. The van der Waals surface area contributed by atoms with Gasteiger partial charge in [-0.05, 0) is 23.6 Å². The van der Waals surface area contributed by atoms with Crippen LogP contribution in [0.15, 0.2) is 58.0 Å². The number of aromatic nitrogens is 3. The highest BCUT2D eigenvalue weighted by atomic mass is 79.9. The minimum absolute atomic E-state index is 0.119. The molecule has 1 N–H and O–H groups in total. The first-order chi connectivity index (χ1) is 14.0. The van der Waals surface area contributed by atoms with Gasteiger partial charge >= 0.3 is 5.97 Å². The number of halogens is 1. The number of allylic oxidation sites excluding steroid dienone is 1. The van der Waals surface area contributed by atoms with Crippen molar-refractivity contribution in [1.29, 1.82) is 0 Å². The first-order valence-corrected chi connectivity index (χ1v) is 11.1. The van der Waals surface area contributed by atoms with Crippen molar-refractivity contribution in [2.75, 3.05) is 18.2 Å². The van der Waals surface area contributed by atoms with Crippen molar-refractivity contribution in [1.82, 2.24) is 14.8 Å². The van der Waals surface area contributed by atoms with E-state index in [-0.39, 0.29) is 11.7 Å². The van der Waals surface area contributed by atoms with Crippen molar-refractivity contribution in [2.24, 2.45) is 0 Å². The summed E-state index contributed by atoms with van der Waals surface area (Å²) in [5.41, 5.74) is 1.25. The van der Waals surface area contributed by atoms with Gasteiger partial charge in [0.05, 0.1) is 18.4 Å². The molecule has 0 aliphatic heterocycles. The number of thiophene rings is 1. The molecule has 10 heteroatoms. The Morgan fingerprint density at radius 2 is 2.07 bits per heavy atom. The number of carbonyl (C=O) groups excluding carboxylic acids is 2. The number of ether oxygens (including phenoxy) is 1. The number of rotatable bonds is 8. The number of nitrogens with zero attached hydrogens (tertiary/aromatic N) is 3. The number of esters is 1. The van der Waals surface area contributed by atoms with Crippen molar-refractivity contribution in [3.8, 4) is 11.4 Å². The van der Waals surface area contributed by atoms with E-state index in [2.05, 4.69) is 38.0 Å². The predicted octanol–water partition coefficient (Wildman–Crippen LogP) is 4.47. The van der Waals surface area contributed by atoms with Crippen LogP contribution in [0.3, 0.4) is 0 Å². The van der Waals surface area contributed by atoms with Gasteiger partial charge in [0, 0.05) is 16.6 Å². The lowest BCUT2D eigenvalue weighted by atomic mass is 10.2. The second-order valence-electron chi connectivity index (χ2n) is 5.70. The molecule has 150 valence electrons. The number of anilines is 1. The van der Waals surface area contributed by atoms with Crippen LogP contribution in [0.5, 0.6) is 0 Å². The van der Waals surface area contributed by atoms with E-state index in [1.54, 1.807) is 17.5 Å². The number of amides is 1. The molecule has 1 aromatic carbocycles. The summed E-state index contributed by atoms with van der Waals surface area (Å²) < 4.78 is 7.59. The predicted molar refractivity (Wildman–Crippen MR) is 118 cm³/mol. The molecule has 29 heavy (non-hydrogen) atoms. The lowest BCUT2D eigenvalue weighted by Crippen LogP contribution is -2.16. The SMILES string of the molecule is C=CCn1c(SCC(=O)Nc2sccc2C(=O)OC)nnc1-c1ccc(Br)cc1. The maximum atomic E-state index is 12.4. The van der Waals surface area contributed by atoms with Gasteiger partial charge in [0.25, 0.3) is 0 Å². The molecule has 3 rings (SSSR count). The summed E-state index contributed by atoms with van der Waals surface area (Å²) in [7, 11) is 1.30. The third kappa shape index (κ3) is 5.14. The molecule has 0 unspecified atom stereocenters. The van der Waals surface area contributed by atoms with Gasteiger partial charge < -0.3 is 10.1 Å². The number of thioether (sulfide) groups is 1. The Kier molecular flexibility index (Phi) is 7.24. The van der Waals surface area contributed by atoms with E-state index in [1.165, 1.54) is 30.2 Å². The molecule has 2 aromatic heterocycles. The average Bonchev–Trinajstić information content (AvgIpc) is 3.34. The third-order valence-corrected chi connectivity index (χ3v) is 6.11. The van der Waals surface area contributed by atoms with Crippen LogP contribution in [-0.4, -0.2) is 39.5 Å². The van der Waals surface area contributed by atoms with Crippen LogP contribution in [0.1, 0.15) is 10.4 Å². The number of carbonyl (C=O) groups is 2. The maximum absolute atomic E-state index is 12.4. The number of hydrogen-bond donors (Lipinski definition) is 1. The highest BCUT2D eigenvalue weighted by molar-refractivity contribution is 9.10. The molecule has 2 heterocycles. The Bertz CT molecular complexity index is 1030. The van der Waals surface area contributed by atoms with E-state index in [1.807, 2.05) is 28.8 Å². The van der Waals surface area contributed by atoms with E-state index >= 15 is 0 Å². The Labute approximate surface area is 184 Å². The molecule has 0 aliphatic rings. The van der Waals surface area contributed by atoms with Crippen molar-refractivity contribution < 1.29 is 14.3 Å². The smallest absolute Gasteiger partial charge is 0.340 e. The second-order valence-corrected chi connectivity index (χ2v) is 8.48. The van der Waals surface area contributed by atoms with Crippen LogP contribution >= 0.6 is 39.0 Å². The van der Waals surface area contributed by atoms with Crippen LogP contribution in [0.4, 0.5) is 5.00 Å².